The van der Waals surface area contributed by atoms with Crippen LogP contribution in [0.3, 0.4) is 0 Å². The molecule has 0 saturated carbocycles. The van der Waals surface area contributed by atoms with Crippen LogP contribution in [0, 0.1) is 17.0 Å². The second-order valence-corrected chi connectivity index (χ2v) is 6.35. The molecule has 0 aromatic heterocycles. The normalized spacial score (nSPS) is 20.6. The summed E-state index contributed by atoms with van der Waals surface area (Å²) in [6, 6.07) is 3.87. The number of nitrogens with zero attached hydrogens (tertiary/aromatic N) is 3. The summed E-state index contributed by atoms with van der Waals surface area (Å²) in [5.41, 5.74) is 0.801. The van der Waals surface area contributed by atoms with Gasteiger partial charge in [0.2, 0.25) is 5.91 Å². The first-order valence-corrected chi connectivity index (χ1v) is 8.41. The van der Waals surface area contributed by atoms with Gasteiger partial charge in [0.05, 0.1) is 18.1 Å². The fourth-order valence-electron chi connectivity index (χ4n) is 3.42. The Morgan fingerprint density at radius 3 is 2.60 bits per heavy atom. The van der Waals surface area contributed by atoms with E-state index in [9.17, 15) is 19.7 Å². The summed E-state index contributed by atoms with van der Waals surface area (Å²) in [6.07, 6.45) is 1.42. The highest BCUT2D eigenvalue weighted by atomic mass is 16.6. The van der Waals surface area contributed by atoms with Gasteiger partial charge in [-0.2, -0.15) is 0 Å². The summed E-state index contributed by atoms with van der Waals surface area (Å²) in [5.74, 6) is -0.283. The van der Waals surface area contributed by atoms with E-state index in [1.165, 1.54) is 18.2 Å². The number of hydrogen-bond acceptors (Lipinski definition) is 5. The Kier molecular flexibility index (Phi) is 4.98. The van der Waals surface area contributed by atoms with Gasteiger partial charge in [0.1, 0.15) is 6.04 Å². The van der Waals surface area contributed by atoms with Crippen molar-refractivity contribution in [2.24, 2.45) is 0 Å². The highest BCUT2D eigenvalue weighted by Gasteiger charge is 2.37. The van der Waals surface area contributed by atoms with Crippen molar-refractivity contribution in [3.05, 3.63) is 39.4 Å². The van der Waals surface area contributed by atoms with E-state index in [0.717, 1.165) is 6.42 Å². The van der Waals surface area contributed by atoms with Crippen LogP contribution < -0.4 is 0 Å². The van der Waals surface area contributed by atoms with E-state index in [2.05, 4.69) is 0 Å². The second kappa shape index (κ2) is 7.18. The van der Waals surface area contributed by atoms with Gasteiger partial charge in [0.15, 0.2) is 0 Å². The number of likely N-dealkylation sites (tertiary alicyclic amines) is 1. The molecule has 1 aromatic rings. The summed E-state index contributed by atoms with van der Waals surface area (Å²) in [4.78, 5) is 39.4. The van der Waals surface area contributed by atoms with Crippen LogP contribution in [0.4, 0.5) is 5.69 Å². The first-order chi connectivity index (χ1) is 12.0. The maximum atomic E-state index is 12.8. The Hall–Kier alpha value is -2.48. The molecule has 0 bridgehead atoms. The second-order valence-electron chi connectivity index (χ2n) is 6.35. The number of amides is 2. The number of nitro benzene ring substituents is 1. The molecule has 25 heavy (non-hydrogen) atoms. The molecule has 2 aliphatic heterocycles. The first-order valence-electron chi connectivity index (χ1n) is 8.41. The molecular weight excluding hydrogens is 326 g/mol. The molecule has 2 fully saturated rings. The molecule has 8 nitrogen and oxygen atoms in total. The lowest BCUT2D eigenvalue weighted by Crippen LogP contribution is -2.51. The van der Waals surface area contributed by atoms with Gasteiger partial charge < -0.3 is 14.5 Å². The zero-order valence-electron chi connectivity index (χ0n) is 14.1. The van der Waals surface area contributed by atoms with Gasteiger partial charge in [-0.15, -0.1) is 0 Å². The topological polar surface area (TPSA) is 93.0 Å². The maximum Gasteiger partial charge on any atom is 0.272 e. The third-order valence-electron chi connectivity index (χ3n) is 4.76. The SMILES string of the molecule is Cc1cc(C(=O)N2CCCC2C(=O)N2CCOCC2)ccc1[N+](=O)[O-]. The fourth-order valence-corrected chi connectivity index (χ4v) is 3.42. The summed E-state index contributed by atoms with van der Waals surface area (Å²) in [6.45, 7) is 4.27. The Morgan fingerprint density at radius 2 is 1.96 bits per heavy atom. The molecule has 1 atom stereocenters. The molecule has 0 aliphatic carbocycles. The highest BCUT2D eigenvalue weighted by Crippen LogP contribution is 2.25. The molecule has 2 amide bonds. The average Bonchev–Trinajstić information content (AvgIpc) is 3.10. The number of hydrogen-bond donors (Lipinski definition) is 0. The van der Waals surface area contributed by atoms with Gasteiger partial charge in [0.25, 0.3) is 11.6 Å². The Labute approximate surface area is 145 Å². The molecule has 0 spiro atoms. The predicted molar refractivity (Wildman–Crippen MR) is 89.3 cm³/mol. The minimum Gasteiger partial charge on any atom is -0.378 e. The molecule has 2 heterocycles. The molecule has 0 N–H and O–H groups in total. The number of carbonyl (C=O) groups excluding carboxylic acids is 2. The van der Waals surface area contributed by atoms with Crippen molar-refractivity contribution in [2.45, 2.75) is 25.8 Å². The Morgan fingerprint density at radius 1 is 1.24 bits per heavy atom. The molecule has 134 valence electrons. The summed E-state index contributed by atoms with van der Waals surface area (Å²) >= 11 is 0. The van der Waals surface area contributed by atoms with Gasteiger partial charge in [0, 0.05) is 36.8 Å². The fraction of sp³-hybridized carbons (Fsp3) is 0.529. The van der Waals surface area contributed by atoms with Crippen molar-refractivity contribution in [3.8, 4) is 0 Å². The van der Waals surface area contributed by atoms with Crippen molar-refractivity contribution >= 4 is 17.5 Å². The van der Waals surface area contributed by atoms with Gasteiger partial charge >= 0.3 is 0 Å². The lowest BCUT2D eigenvalue weighted by molar-refractivity contribution is -0.385. The lowest BCUT2D eigenvalue weighted by atomic mass is 10.1. The lowest BCUT2D eigenvalue weighted by Gasteiger charge is -2.32. The number of benzene rings is 1. The average molecular weight is 347 g/mol. The highest BCUT2D eigenvalue weighted by molar-refractivity contribution is 5.98. The Bertz CT molecular complexity index is 700. The minimum absolute atomic E-state index is 0.0149. The van der Waals surface area contributed by atoms with E-state index in [-0.39, 0.29) is 17.5 Å². The van der Waals surface area contributed by atoms with E-state index in [1.807, 2.05) is 0 Å². The molecule has 0 radical (unpaired) electrons. The molecule has 1 aromatic carbocycles. The van der Waals surface area contributed by atoms with Gasteiger partial charge in [-0.25, -0.2) is 0 Å². The molecular formula is C17H21N3O5. The summed E-state index contributed by atoms with van der Waals surface area (Å²) in [7, 11) is 0. The zero-order chi connectivity index (χ0) is 18.0. The summed E-state index contributed by atoms with van der Waals surface area (Å²) < 4.78 is 5.27. The molecule has 2 saturated heterocycles. The number of aryl methyl sites for hydroxylation is 1. The number of nitro groups is 1. The monoisotopic (exact) mass is 347 g/mol. The molecule has 3 rings (SSSR count). The third-order valence-corrected chi connectivity index (χ3v) is 4.76. The van der Waals surface area contributed by atoms with Gasteiger partial charge in [-0.05, 0) is 31.9 Å². The zero-order valence-corrected chi connectivity index (χ0v) is 14.1. The van der Waals surface area contributed by atoms with Crippen molar-refractivity contribution in [1.82, 2.24) is 9.80 Å². The van der Waals surface area contributed by atoms with Crippen LogP contribution in [0.1, 0.15) is 28.8 Å². The van der Waals surface area contributed by atoms with Gasteiger partial charge in [-0.1, -0.05) is 0 Å². The minimum atomic E-state index is -0.468. The predicted octanol–water partition coefficient (Wildman–Crippen LogP) is 1.37. The van der Waals surface area contributed by atoms with Crippen molar-refractivity contribution in [3.63, 3.8) is 0 Å². The van der Waals surface area contributed by atoms with Crippen molar-refractivity contribution < 1.29 is 19.2 Å². The van der Waals surface area contributed by atoms with Crippen LogP contribution in [0.25, 0.3) is 0 Å². The van der Waals surface area contributed by atoms with Crippen molar-refractivity contribution in [2.75, 3.05) is 32.8 Å². The van der Waals surface area contributed by atoms with Crippen LogP contribution in [0.2, 0.25) is 0 Å². The van der Waals surface area contributed by atoms with Crippen LogP contribution >= 0.6 is 0 Å². The number of ether oxygens (including phenoxy) is 1. The van der Waals surface area contributed by atoms with Crippen LogP contribution in [-0.4, -0.2) is 65.4 Å². The van der Waals surface area contributed by atoms with E-state index in [0.29, 0.717) is 50.4 Å². The van der Waals surface area contributed by atoms with Crippen molar-refractivity contribution in [1.29, 1.82) is 0 Å². The van der Waals surface area contributed by atoms with Crippen LogP contribution in [-0.2, 0) is 9.53 Å². The van der Waals surface area contributed by atoms with E-state index in [4.69, 9.17) is 4.74 Å². The van der Waals surface area contributed by atoms with Gasteiger partial charge in [-0.3, -0.25) is 19.7 Å². The standard InChI is InChI=1S/C17H21N3O5/c1-12-11-13(4-5-14(12)20(23)24)16(21)19-6-2-3-15(19)17(22)18-7-9-25-10-8-18/h4-5,11,15H,2-3,6-10H2,1H3. The quantitative estimate of drug-likeness (QED) is 0.608. The molecule has 1 unspecified atom stereocenters. The summed E-state index contributed by atoms with van der Waals surface area (Å²) in [5, 5.41) is 10.9. The number of carbonyl (C=O) groups is 2. The Balaban J connectivity index is 1.77. The largest absolute Gasteiger partial charge is 0.378 e. The van der Waals surface area contributed by atoms with Crippen LogP contribution in [0.5, 0.6) is 0 Å². The van der Waals surface area contributed by atoms with Crippen LogP contribution in [0.15, 0.2) is 18.2 Å². The first kappa shape index (κ1) is 17.3. The van der Waals surface area contributed by atoms with E-state index in [1.54, 1.807) is 16.7 Å². The third kappa shape index (κ3) is 3.48. The smallest absolute Gasteiger partial charge is 0.272 e. The molecule has 8 heteroatoms. The number of morpholine rings is 1. The molecule has 2 aliphatic rings. The van der Waals surface area contributed by atoms with E-state index >= 15 is 0 Å². The maximum absolute atomic E-state index is 12.8. The van der Waals surface area contributed by atoms with E-state index < -0.39 is 11.0 Å². The number of rotatable bonds is 3.